The Balaban J connectivity index is 3.34. The highest BCUT2D eigenvalue weighted by Gasteiger charge is 2.05. The van der Waals surface area contributed by atoms with Crippen LogP contribution in [0.5, 0.6) is 0 Å². The van der Waals surface area contributed by atoms with E-state index in [0.717, 1.165) is 12.8 Å². The maximum atomic E-state index is 10.4. The number of hydrogen-bond donors (Lipinski definition) is 1. The summed E-state index contributed by atoms with van der Waals surface area (Å²) in [7, 11) is 0. The van der Waals surface area contributed by atoms with E-state index in [0.29, 0.717) is 6.54 Å². The molecule has 0 spiro atoms. The van der Waals surface area contributed by atoms with Crippen molar-refractivity contribution in [2.75, 3.05) is 13.1 Å². The number of unbranched alkanes of at least 4 members (excludes halogenated alkanes) is 7. The molecule has 0 saturated carbocycles. The summed E-state index contributed by atoms with van der Waals surface area (Å²) < 4.78 is 0. The predicted octanol–water partition coefficient (Wildman–Crippen LogP) is 3.59. The molecule has 0 atom stereocenters. The summed E-state index contributed by atoms with van der Waals surface area (Å²) in [6.07, 6.45) is 9.62. The van der Waals surface area contributed by atoms with Crippen LogP contribution < -0.4 is 0 Å². The van der Waals surface area contributed by atoms with E-state index in [1.807, 2.05) is 0 Å². The minimum atomic E-state index is -0.889. The van der Waals surface area contributed by atoms with Crippen molar-refractivity contribution in [3.05, 3.63) is 4.91 Å². The van der Waals surface area contributed by atoms with Gasteiger partial charge in [-0.3, -0.25) is 9.80 Å². The van der Waals surface area contributed by atoms with Crippen LogP contribution in [0.25, 0.3) is 0 Å². The van der Waals surface area contributed by atoms with Crippen molar-refractivity contribution in [2.45, 2.75) is 64.7 Å². The van der Waals surface area contributed by atoms with E-state index in [1.54, 1.807) is 0 Å². The number of carbonyl (C=O) groups is 1. The minimum Gasteiger partial charge on any atom is -0.481 e. The van der Waals surface area contributed by atoms with Crippen LogP contribution in [0, 0.1) is 4.91 Å². The summed E-state index contributed by atoms with van der Waals surface area (Å²) in [4.78, 5) is 20.8. The van der Waals surface area contributed by atoms with Gasteiger partial charge in [0, 0.05) is 13.1 Å². The molecule has 0 heterocycles. The molecule has 5 nitrogen and oxygen atoms in total. The lowest BCUT2D eigenvalue weighted by Gasteiger charge is -2.13. The predicted molar refractivity (Wildman–Crippen MR) is 72.2 cm³/mol. The number of nitrogens with zero attached hydrogens (tertiary/aromatic N) is 2. The molecular formula is C13H26N2O3. The fraction of sp³-hybridized carbons (Fsp3) is 0.923. The first-order chi connectivity index (χ1) is 8.70. The fourth-order valence-electron chi connectivity index (χ4n) is 1.85. The average Bonchev–Trinajstić information content (AvgIpc) is 2.36. The monoisotopic (exact) mass is 258 g/mol. The Hall–Kier alpha value is -1.13. The first-order valence-electron chi connectivity index (χ1n) is 7.00. The molecule has 106 valence electrons. The van der Waals surface area contributed by atoms with E-state index in [4.69, 9.17) is 5.11 Å². The van der Waals surface area contributed by atoms with Gasteiger partial charge in [0.25, 0.3) is 0 Å². The quantitative estimate of drug-likeness (QED) is 0.311. The highest BCUT2D eigenvalue weighted by molar-refractivity contribution is 5.66. The van der Waals surface area contributed by atoms with Gasteiger partial charge in [-0.2, -0.15) is 0 Å². The van der Waals surface area contributed by atoms with Crippen molar-refractivity contribution in [3.63, 3.8) is 0 Å². The zero-order valence-corrected chi connectivity index (χ0v) is 11.4. The molecule has 5 heteroatoms. The third kappa shape index (κ3) is 11.4. The van der Waals surface area contributed by atoms with Crippen molar-refractivity contribution in [3.8, 4) is 0 Å². The van der Waals surface area contributed by atoms with Gasteiger partial charge in [-0.25, -0.2) is 0 Å². The van der Waals surface area contributed by atoms with Crippen LogP contribution >= 0.6 is 0 Å². The molecule has 0 saturated heterocycles. The second-order valence-corrected chi connectivity index (χ2v) is 4.65. The average molecular weight is 258 g/mol. The summed E-state index contributed by atoms with van der Waals surface area (Å²) in [5.74, 6) is -0.889. The molecule has 0 aromatic carbocycles. The van der Waals surface area contributed by atoms with Crippen molar-refractivity contribution >= 4 is 5.97 Å². The van der Waals surface area contributed by atoms with Gasteiger partial charge in [-0.05, 0) is 6.42 Å². The summed E-state index contributed by atoms with van der Waals surface area (Å²) in [6, 6.07) is 0. The van der Waals surface area contributed by atoms with Crippen LogP contribution in [0.4, 0.5) is 0 Å². The molecule has 0 aromatic rings. The lowest BCUT2D eigenvalue weighted by Crippen LogP contribution is -2.21. The summed E-state index contributed by atoms with van der Waals surface area (Å²) >= 11 is 0. The number of hydrogen-bond acceptors (Lipinski definition) is 3. The maximum Gasteiger partial charge on any atom is 0.305 e. The van der Waals surface area contributed by atoms with Crippen LogP contribution in [0.15, 0.2) is 5.29 Å². The summed E-state index contributed by atoms with van der Waals surface area (Å²) in [5.41, 5.74) is 0. The highest BCUT2D eigenvalue weighted by atomic mass is 16.4. The largest absolute Gasteiger partial charge is 0.481 e. The van der Waals surface area contributed by atoms with Crippen LogP contribution in [0.3, 0.4) is 0 Å². The Labute approximate surface area is 109 Å². The molecule has 0 rings (SSSR count). The second-order valence-electron chi connectivity index (χ2n) is 4.65. The molecular weight excluding hydrogens is 232 g/mol. The van der Waals surface area contributed by atoms with E-state index >= 15 is 0 Å². The smallest absolute Gasteiger partial charge is 0.305 e. The number of nitroso groups, excluding NO2 is 1. The van der Waals surface area contributed by atoms with Gasteiger partial charge in [0.1, 0.15) is 0 Å². The summed E-state index contributed by atoms with van der Waals surface area (Å²) in [6.45, 7) is 3.00. The van der Waals surface area contributed by atoms with E-state index in [-0.39, 0.29) is 13.0 Å². The molecule has 0 fully saturated rings. The van der Waals surface area contributed by atoms with E-state index < -0.39 is 5.97 Å². The molecule has 0 radical (unpaired) electrons. The SMILES string of the molecule is CCCCCCCCCCN(CCC(=O)O)N=O. The normalized spacial score (nSPS) is 10.3. The molecule has 0 aliphatic rings. The van der Waals surface area contributed by atoms with Crippen LogP contribution in [-0.4, -0.2) is 29.2 Å². The molecule has 18 heavy (non-hydrogen) atoms. The zero-order chi connectivity index (χ0) is 13.6. The topological polar surface area (TPSA) is 70.0 Å². The maximum absolute atomic E-state index is 10.4. The third-order valence-electron chi connectivity index (χ3n) is 2.97. The number of carboxylic acids is 1. The molecule has 0 aromatic heterocycles. The molecule has 0 bridgehead atoms. The van der Waals surface area contributed by atoms with Crippen molar-refractivity contribution in [1.82, 2.24) is 5.01 Å². The lowest BCUT2D eigenvalue weighted by atomic mass is 10.1. The van der Waals surface area contributed by atoms with Gasteiger partial charge in [0.05, 0.1) is 11.7 Å². The molecule has 1 N–H and O–H groups in total. The Morgan fingerprint density at radius 3 is 2.06 bits per heavy atom. The van der Waals surface area contributed by atoms with Crippen molar-refractivity contribution in [2.24, 2.45) is 5.29 Å². The van der Waals surface area contributed by atoms with E-state index in [9.17, 15) is 9.70 Å². The highest BCUT2D eigenvalue weighted by Crippen LogP contribution is 2.09. The van der Waals surface area contributed by atoms with Gasteiger partial charge in [0.2, 0.25) is 0 Å². The third-order valence-corrected chi connectivity index (χ3v) is 2.97. The van der Waals surface area contributed by atoms with E-state index in [1.165, 1.54) is 43.5 Å². The van der Waals surface area contributed by atoms with E-state index in [2.05, 4.69) is 12.2 Å². The second kappa shape index (κ2) is 12.3. The standard InChI is InChI=1S/C13H26N2O3/c1-2-3-4-5-6-7-8-9-11-15(14-18)12-10-13(16)17/h2-12H2,1H3,(H,16,17). The van der Waals surface area contributed by atoms with Gasteiger partial charge >= 0.3 is 5.97 Å². The first kappa shape index (κ1) is 16.9. The summed E-state index contributed by atoms with van der Waals surface area (Å²) in [5, 5.41) is 12.6. The Kier molecular flexibility index (Phi) is 11.6. The van der Waals surface area contributed by atoms with Gasteiger partial charge in [-0.1, -0.05) is 51.9 Å². The Morgan fingerprint density at radius 1 is 1.00 bits per heavy atom. The number of rotatable bonds is 13. The Morgan fingerprint density at radius 2 is 1.56 bits per heavy atom. The van der Waals surface area contributed by atoms with Crippen LogP contribution in [0.2, 0.25) is 0 Å². The van der Waals surface area contributed by atoms with Crippen molar-refractivity contribution in [1.29, 1.82) is 0 Å². The molecule has 0 aliphatic heterocycles. The molecule has 0 amide bonds. The van der Waals surface area contributed by atoms with Crippen molar-refractivity contribution < 1.29 is 9.90 Å². The van der Waals surface area contributed by atoms with Gasteiger partial charge < -0.3 is 5.11 Å². The Bertz CT molecular complexity index is 222. The minimum absolute atomic E-state index is 0.0250. The van der Waals surface area contributed by atoms with Gasteiger partial charge in [0.15, 0.2) is 0 Å². The zero-order valence-electron chi connectivity index (χ0n) is 11.4. The lowest BCUT2D eigenvalue weighted by molar-refractivity contribution is -0.137. The number of aliphatic carboxylic acids is 1. The molecule has 0 aliphatic carbocycles. The fourth-order valence-corrected chi connectivity index (χ4v) is 1.85. The first-order valence-corrected chi connectivity index (χ1v) is 7.00. The molecule has 0 unspecified atom stereocenters. The van der Waals surface area contributed by atoms with Crippen LogP contribution in [0.1, 0.15) is 64.7 Å². The van der Waals surface area contributed by atoms with Crippen LogP contribution in [-0.2, 0) is 4.79 Å². The van der Waals surface area contributed by atoms with Gasteiger partial charge in [-0.15, -0.1) is 4.91 Å². The number of carboxylic acid groups (broad SMARTS) is 1.